The molecule has 2 rings (SSSR count). The summed E-state index contributed by atoms with van der Waals surface area (Å²) in [5.41, 5.74) is 0.114. The lowest BCUT2D eigenvalue weighted by molar-refractivity contribution is -0.118. The van der Waals surface area contributed by atoms with Gasteiger partial charge in [-0.05, 0) is 19.3 Å². The molecule has 1 N–H and O–H groups in total. The van der Waals surface area contributed by atoms with Crippen LogP contribution in [0.2, 0.25) is 5.15 Å². The van der Waals surface area contributed by atoms with Gasteiger partial charge in [-0.2, -0.15) is 5.26 Å². The molecule has 19 heavy (non-hydrogen) atoms. The number of carbonyl (C=O) groups is 1. The minimum absolute atomic E-state index is 0.0911. The second-order valence-electron chi connectivity index (χ2n) is 4.44. The summed E-state index contributed by atoms with van der Waals surface area (Å²) in [5, 5.41) is 12.0. The second-order valence-corrected chi connectivity index (χ2v) is 4.80. The topological polar surface area (TPSA) is 81.9 Å². The van der Waals surface area contributed by atoms with Crippen molar-refractivity contribution in [3.05, 3.63) is 17.0 Å². The highest BCUT2D eigenvalue weighted by Gasteiger charge is 2.17. The van der Waals surface area contributed by atoms with Gasteiger partial charge in [0.25, 0.3) is 0 Å². The van der Waals surface area contributed by atoms with Crippen molar-refractivity contribution in [2.24, 2.45) is 0 Å². The van der Waals surface area contributed by atoms with Crippen LogP contribution >= 0.6 is 11.6 Å². The lowest BCUT2D eigenvalue weighted by Crippen LogP contribution is -2.34. The summed E-state index contributed by atoms with van der Waals surface area (Å²) < 4.78 is 0. The van der Waals surface area contributed by atoms with Crippen molar-refractivity contribution in [3.63, 3.8) is 0 Å². The molecule has 100 valence electrons. The third-order valence-corrected chi connectivity index (χ3v) is 3.30. The molecule has 1 aromatic heterocycles. The Morgan fingerprint density at radius 1 is 1.58 bits per heavy atom. The highest BCUT2D eigenvalue weighted by atomic mass is 35.5. The Hall–Kier alpha value is -1.87. The van der Waals surface area contributed by atoms with Crippen LogP contribution in [-0.4, -0.2) is 40.4 Å². The summed E-state index contributed by atoms with van der Waals surface area (Å²) in [6.45, 7) is 1.43. The summed E-state index contributed by atoms with van der Waals surface area (Å²) in [5.74, 6) is 0.529. The first kappa shape index (κ1) is 13.6. The smallest absolute Gasteiger partial charge is 0.209 e. The van der Waals surface area contributed by atoms with Crippen LogP contribution in [-0.2, 0) is 4.79 Å². The van der Waals surface area contributed by atoms with Crippen molar-refractivity contribution in [2.75, 3.05) is 18.4 Å². The number of anilines is 1. The number of hydrogen-bond donors (Lipinski definition) is 1. The number of aromatic nitrogens is 2. The zero-order chi connectivity index (χ0) is 13.7. The van der Waals surface area contributed by atoms with Crippen LogP contribution in [0.25, 0.3) is 0 Å². The molecular formula is C12H14ClN5O. The summed E-state index contributed by atoms with van der Waals surface area (Å²) in [4.78, 5) is 20.6. The van der Waals surface area contributed by atoms with Gasteiger partial charge in [0.1, 0.15) is 11.9 Å². The number of likely N-dealkylation sites (tertiary alicyclic amines) is 1. The molecule has 0 aliphatic carbocycles. The number of amides is 1. The number of hydrogen-bond acceptors (Lipinski definition) is 5. The molecule has 1 atom stereocenters. The van der Waals surface area contributed by atoms with Gasteiger partial charge in [0, 0.05) is 19.1 Å². The minimum atomic E-state index is 0.0911. The largest absolute Gasteiger partial charge is 0.364 e. The van der Waals surface area contributed by atoms with Gasteiger partial charge in [0.2, 0.25) is 6.41 Å². The molecule has 0 aromatic carbocycles. The van der Waals surface area contributed by atoms with E-state index in [2.05, 4.69) is 15.3 Å². The van der Waals surface area contributed by atoms with E-state index in [4.69, 9.17) is 16.9 Å². The maximum atomic E-state index is 10.9. The highest BCUT2D eigenvalue weighted by molar-refractivity contribution is 6.30. The fourth-order valence-electron chi connectivity index (χ4n) is 2.11. The molecule has 1 saturated heterocycles. The quantitative estimate of drug-likeness (QED) is 0.846. The standard InChI is InChI=1S/C12H14ClN5O/c13-12-10(5-14)15-6-11(17-12)16-9-3-1-2-4-18(7-9)8-19/h6,8-9H,1-4,7H2,(H,16,17). The van der Waals surface area contributed by atoms with Gasteiger partial charge in [-0.15, -0.1) is 0 Å². The first-order valence-corrected chi connectivity index (χ1v) is 6.49. The Balaban J connectivity index is 2.05. The molecule has 1 aliphatic rings. The van der Waals surface area contributed by atoms with Gasteiger partial charge in [0.15, 0.2) is 10.8 Å². The fraction of sp³-hybridized carbons (Fsp3) is 0.500. The Morgan fingerprint density at radius 2 is 2.42 bits per heavy atom. The molecule has 0 saturated carbocycles. The molecule has 0 radical (unpaired) electrons. The number of rotatable bonds is 3. The minimum Gasteiger partial charge on any atom is -0.364 e. The van der Waals surface area contributed by atoms with Gasteiger partial charge in [-0.1, -0.05) is 11.6 Å². The zero-order valence-corrected chi connectivity index (χ0v) is 11.1. The van der Waals surface area contributed by atoms with E-state index >= 15 is 0 Å². The molecule has 1 fully saturated rings. The summed E-state index contributed by atoms with van der Waals surface area (Å²) in [7, 11) is 0. The fourth-order valence-corrected chi connectivity index (χ4v) is 2.29. The van der Waals surface area contributed by atoms with Crippen LogP contribution in [0.3, 0.4) is 0 Å². The average molecular weight is 280 g/mol. The molecule has 2 heterocycles. The molecular weight excluding hydrogens is 266 g/mol. The first-order chi connectivity index (χ1) is 9.22. The molecule has 0 spiro atoms. The van der Waals surface area contributed by atoms with Crippen molar-refractivity contribution in [1.29, 1.82) is 5.26 Å². The number of nitrogens with one attached hydrogen (secondary N) is 1. The third-order valence-electron chi connectivity index (χ3n) is 3.04. The van der Waals surface area contributed by atoms with Crippen LogP contribution < -0.4 is 5.32 Å². The molecule has 1 aromatic rings. The molecule has 6 nitrogen and oxygen atoms in total. The number of halogens is 1. The van der Waals surface area contributed by atoms with E-state index in [1.54, 1.807) is 4.90 Å². The average Bonchev–Trinajstić information content (AvgIpc) is 2.64. The van der Waals surface area contributed by atoms with E-state index in [1.807, 2.05) is 6.07 Å². The van der Waals surface area contributed by atoms with E-state index in [0.717, 1.165) is 32.2 Å². The van der Waals surface area contributed by atoms with Crippen molar-refractivity contribution < 1.29 is 4.79 Å². The van der Waals surface area contributed by atoms with E-state index in [1.165, 1.54) is 6.20 Å². The summed E-state index contributed by atoms with van der Waals surface area (Å²) in [6.07, 6.45) is 5.39. The van der Waals surface area contributed by atoms with Gasteiger partial charge in [-0.25, -0.2) is 9.97 Å². The number of carbonyl (C=O) groups excluding carboxylic acids is 1. The Labute approximate surface area is 116 Å². The zero-order valence-electron chi connectivity index (χ0n) is 10.3. The van der Waals surface area contributed by atoms with Gasteiger partial charge < -0.3 is 10.2 Å². The predicted octanol–water partition coefficient (Wildman–Crippen LogP) is 1.42. The number of nitriles is 1. The van der Waals surface area contributed by atoms with Gasteiger partial charge in [-0.3, -0.25) is 4.79 Å². The van der Waals surface area contributed by atoms with Crippen LogP contribution in [0.1, 0.15) is 25.0 Å². The Kier molecular flexibility index (Phi) is 4.53. The van der Waals surface area contributed by atoms with Crippen molar-refractivity contribution in [1.82, 2.24) is 14.9 Å². The van der Waals surface area contributed by atoms with Crippen LogP contribution in [0, 0.1) is 11.3 Å². The summed E-state index contributed by atoms with van der Waals surface area (Å²) >= 11 is 5.83. The van der Waals surface area contributed by atoms with Crippen molar-refractivity contribution in [3.8, 4) is 6.07 Å². The van der Waals surface area contributed by atoms with Crippen LogP contribution in [0.15, 0.2) is 6.20 Å². The predicted molar refractivity (Wildman–Crippen MR) is 70.7 cm³/mol. The van der Waals surface area contributed by atoms with Crippen molar-refractivity contribution >= 4 is 23.8 Å². The lowest BCUT2D eigenvalue weighted by atomic mass is 10.1. The van der Waals surface area contributed by atoms with E-state index in [-0.39, 0.29) is 16.9 Å². The van der Waals surface area contributed by atoms with Crippen molar-refractivity contribution in [2.45, 2.75) is 25.3 Å². The maximum absolute atomic E-state index is 10.9. The van der Waals surface area contributed by atoms with Crippen LogP contribution in [0.4, 0.5) is 5.82 Å². The Morgan fingerprint density at radius 3 is 3.11 bits per heavy atom. The second kappa shape index (κ2) is 6.34. The molecule has 1 aliphatic heterocycles. The molecule has 7 heteroatoms. The van der Waals surface area contributed by atoms with E-state index < -0.39 is 0 Å². The highest BCUT2D eigenvalue weighted by Crippen LogP contribution is 2.16. The van der Waals surface area contributed by atoms with Gasteiger partial charge in [0.05, 0.1) is 6.20 Å². The summed E-state index contributed by atoms with van der Waals surface area (Å²) in [6, 6.07) is 1.99. The lowest BCUT2D eigenvalue weighted by Gasteiger charge is -2.21. The third kappa shape index (κ3) is 3.55. The Bertz CT molecular complexity index is 501. The van der Waals surface area contributed by atoms with Gasteiger partial charge >= 0.3 is 0 Å². The number of nitrogens with zero attached hydrogens (tertiary/aromatic N) is 4. The SMILES string of the molecule is N#Cc1ncc(NC2CCCCN(C=O)C2)nc1Cl. The first-order valence-electron chi connectivity index (χ1n) is 6.11. The van der Waals surface area contributed by atoms with E-state index in [0.29, 0.717) is 12.4 Å². The monoisotopic (exact) mass is 279 g/mol. The molecule has 1 unspecified atom stereocenters. The van der Waals surface area contributed by atoms with Crippen LogP contribution in [0.5, 0.6) is 0 Å². The molecule has 1 amide bonds. The normalized spacial score (nSPS) is 19.4. The van der Waals surface area contributed by atoms with E-state index in [9.17, 15) is 4.79 Å². The maximum Gasteiger partial charge on any atom is 0.209 e. The molecule has 0 bridgehead atoms.